The van der Waals surface area contributed by atoms with Crippen molar-refractivity contribution in [3.8, 4) is 0 Å². The maximum Gasteiger partial charge on any atom is 0.0989 e. The molecule has 2 aromatic rings. The average Bonchev–Trinajstić information content (AvgIpc) is 2.48. The van der Waals surface area contributed by atoms with Gasteiger partial charge in [-0.15, -0.1) is 0 Å². The van der Waals surface area contributed by atoms with Gasteiger partial charge in [0.05, 0.1) is 5.60 Å². The second-order valence-electron chi connectivity index (χ2n) is 5.95. The topological polar surface area (TPSA) is 36.4 Å². The van der Waals surface area contributed by atoms with Crippen LogP contribution in [0.15, 0.2) is 54.7 Å². The normalized spacial score (nSPS) is 15.7. The van der Waals surface area contributed by atoms with E-state index >= 15 is 0 Å². The van der Waals surface area contributed by atoms with Gasteiger partial charge in [-0.05, 0) is 31.8 Å². The number of hydrogen-bond donors (Lipinski definition) is 1. The molecule has 1 N–H and O–H groups in total. The van der Waals surface area contributed by atoms with Gasteiger partial charge in [-0.25, -0.2) is 0 Å². The summed E-state index contributed by atoms with van der Waals surface area (Å²) in [6.45, 7) is 2.91. The molecule has 0 spiro atoms. The van der Waals surface area contributed by atoms with Gasteiger partial charge in [0, 0.05) is 30.8 Å². The van der Waals surface area contributed by atoms with Gasteiger partial charge in [0.15, 0.2) is 0 Å². The van der Waals surface area contributed by atoms with E-state index in [1.165, 1.54) is 0 Å². The minimum atomic E-state index is -0.917. The lowest BCUT2D eigenvalue weighted by Crippen LogP contribution is -2.41. The Morgan fingerprint density at radius 1 is 1.10 bits per heavy atom. The predicted octanol–water partition coefficient (Wildman–Crippen LogP) is 2.71. The number of hydrogen-bond acceptors (Lipinski definition) is 3. The standard InChI is InChI=1S/C18H24N2O/c1-15(14-20(2)3)18(21,16-9-5-4-6-10-16)13-17-11-7-8-12-19-17/h4-12,15,21H,13-14H2,1-3H3/t15-,18-/m1/s1. The summed E-state index contributed by atoms with van der Waals surface area (Å²) in [5, 5.41) is 11.4. The fraction of sp³-hybridized carbons (Fsp3) is 0.389. The third-order valence-corrected chi connectivity index (χ3v) is 3.90. The van der Waals surface area contributed by atoms with E-state index in [1.807, 2.05) is 62.6 Å². The van der Waals surface area contributed by atoms with E-state index in [0.29, 0.717) is 6.42 Å². The highest BCUT2D eigenvalue weighted by molar-refractivity contribution is 5.25. The van der Waals surface area contributed by atoms with Crippen molar-refractivity contribution in [2.75, 3.05) is 20.6 Å². The minimum Gasteiger partial charge on any atom is -0.384 e. The summed E-state index contributed by atoms with van der Waals surface area (Å²) in [6.07, 6.45) is 2.30. The summed E-state index contributed by atoms with van der Waals surface area (Å²) in [4.78, 5) is 6.49. The van der Waals surface area contributed by atoms with Crippen molar-refractivity contribution in [3.63, 3.8) is 0 Å². The fourth-order valence-electron chi connectivity index (χ4n) is 2.77. The molecule has 2 atom stereocenters. The molecule has 1 aromatic heterocycles. The van der Waals surface area contributed by atoms with Crippen LogP contribution in [0.5, 0.6) is 0 Å². The van der Waals surface area contributed by atoms with Gasteiger partial charge in [0.1, 0.15) is 0 Å². The van der Waals surface area contributed by atoms with Gasteiger partial charge in [-0.2, -0.15) is 0 Å². The second kappa shape index (κ2) is 6.83. The monoisotopic (exact) mass is 284 g/mol. The Labute approximate surface area is 127 Å². The zero-order valence-electron chi connectivity index (χ0n) is 13.0. The number of benzene rings is 1. The maximum atomic E-state index is 11.4. The molecule has 1 heterocycles. The van der Waals surface area contributed by atoms with Crippen molar-refractivity contribution >= 4 is 0 Å². The summed E-state index contributed by atoms with van der Waals surface area (Å²) < 4.78 is 0. The SMILES string of the molecule is C[C@H](CN(C)C)[C@](O)(Cc1ccccn1)c1ccccc1. The first-order valence-electron chi connectivity index (χ1n) is 7.35. The van der Waals surface area contributed by atoms with Crippen LogP contribution in [0, 0.1) is 5.92 Å². The highest BCUT2D eigenvalue weighted by atomic mass is 16.3. The van der Waals surface area contributed by atoms with Crippen molar-refractivity contribution in [1.29, 1.82) is 0 Å². The van der Waals surface area contributed by atoms with Crippen LogP contribution in [0.3, 0.4) is 0 Å². The summed E-state index contributed by atoms with van der Waals surface area (Å²) in [5.74, 6) is 0.0944. The molecule has 0 fully saturated rings. The summed E-state index contributed by atoms with van der Waals surface area (Å²) in [7, 11) is 4.06. The molecule has 0 saturated heterocycles. The highest BCUT2D eigenvalue weighted by Gasteiger charge is 2.36. The largest absolute Gasteiger partial charge is 0.384 e. The van der Waals surface area contributed by atoms with E-state index in [4.69, 9.17) is 0 Å². The molecule has 0 radical (unpaired) electrons. The van der Waals surface area contributed by atoms with Gasteiger partial charge in [-0.1, -0.05) is 43.3 Å². The van der Waals surface area contributed by atoms with Crippen molar-refractivity contribution in [1.82, 2.24) is 9.88 Å². The Morgan fingerprint density at radius 2 is 1.76 bits per heavy atom. The Kier molecular flexibility index (Phi) is 5.10. The third-order valence-electron chi connectivity index (χ3n) is 3.90. The van der Waals surface area contributed by atoms with Gasteiger partial charge < -0.3 is 10.0 Å². The van der Waals surface area contributed by atoms with Gasteiger partial charge in [-0.3, -0.25) is 4.98 Å². The van der Waals surface area contributed by atoms with Crippen LogP contribution in [0.25, 0.3) is 0 Å². The molecular formula is C18H24N2O. The fourth-order valence-corrected chi connectivity index (χ4v) is 2.77. The predicted molar refractivity (Wildman–Crippen MR) is 86.0 cm³/mol. The third kappa shape index (κ3) is 3.90. The van der Waals surface area contributed by atoms with Crippen LogP contribution in [0.1, 0.15) is 18.2 Å². The zero-order chi connectivity index (χ0) is 15.3. The Hall–Kier alpha value is -1.71. The summed E-state index contributed by atoms with van der Waals surface area (Å²) in [6, 6.07) is 15.7. The van der Waals surface area contributed by atoms with E-state index < -0.39 is 5.60 Å². The zero-order valence-corrected chi connectivity index (χ0v) is 13.0. The molecule has 3 heteroatoms. The second-order valence-corrected chi connectivity index (χ2v) is 5.95. The quantitative estimate of drug-likeness (QED) is 0.886. The van der Waals surface area contributed by atoms with Crippen LogP contribution in [0.2, 0.25) is 0 Å². The number of rotatable bonds is 6. The highest BCUT2D eigenvalue weighted by Crippen LogP contribution is 2.33. The molecule has 0 aliphatic heterocycles. The van der Waals surface area contributed by atoms with Crippen LogP contribution >= 0.6 is 0 Å². The Bertz CT molecular complexity index is 542. The molecular weight excluding hydrogens is 260 g/mol. The molecule has 2 rings (SSSR count). The lowest BCUT2D eigenvalue weighted by Gasteiger charge is -2.36. The molecule has 3 nitrogen and oxygen atoms in total. The van der Waals surface area contributed by atoms with E-state index in [-0.39, 0.29) is 5.92 Å². The van der Waals surface area contributed by atoms with Crippen LogP contribution in [0.4, 0.5) is 0 Å². The summed E-state index contributed by atoms with van der Waals surface area (Å²) in [5.41, 5.74) is 0.944. The first kappa shape index (κ1) is 15.7. The van der Waals surface area contributed by atoms with Crippen molar-refractivity contribution in [2.45, 2.75) is 18.9 Å². The van der Waals surface area contributed by atoms with E-state index in [0.717, 1.165) is 17.8 Å². The molecule has 0 aliphatic rings. The Balaban J connectivity index is 2.34. The minimum absolute atomic E-state index is 0.0944. The number of aliphatic hydroxyl groups is 1. The lowest BCUT2D eigenvalue weighted by atomic mass is 9.78. The molecule has 0 bridgehead atoms. The number of aromatic nitrogens is 1. The number of nitrogens with zero attached hydrogens (tertiary/aromatic N) is 2. The lowest BCUT2D eigenvalue weighted by molar-refractivity contribution is -0.0262. The number of pyridine rings is 1. The molecule has 1 aromatic carbocycles. The van der Waals surface area contributed by atoms with E-state index in [1.54, 1.807) is 6.20 Å². The smallest absolute Gasteiger partial charge is 0.0989 e. The van der Waals surface area contributed by atoms with Crippen molar-refractivity contribution in [2.24, 2.45) is 5.92 Å². The van der Waals surface area contributed by atoms with Crippen LogP contribution in [-0.4, -0.2) is 35.6 Å². The molecule has 0 aliphatic carbocycles. The van der Waals surface area contributed by atoms with Gasteiger partial charge >= 0.3 is 0 Å². The van der Waals surface area contributed by atoms with Crippen LogP contribution < -0.4 is 0 Å². The molecule has 0 saturated carbocycles. The molecule has 112 valence electrons. The maximum absolute atomic E-state index is 11.4. The van der Waals surface area contributed by atoms with E-state index in [2.05, 4.69) is 16.8 Å². The van der Waals surface area contributed by atoms with E-state index in [9.17, 15) is 5.11 Å². The Morgan fingerprint density at radius 3 is 2.33 bits per heavy atom. The van der Waals surface area contributed by atoms with Crippen molar-refractivity contribution < 1.29 is 5.11 Å². The molecule has 0 unspecified atom stereocenters. The first-order valence-corrected chi connectivity index (χ1v) is 7.35. The van der Waals surface area contributed by atoms with Crippen molar-refractivity contribution in [3.05, 3.63) is 66.0 Å². The molecule has 21 heavy (non-hydrogen) atoms. The van der Waals surface area contributed by atoms with Gasteiger partial charge in [0.2, 0.25) is 0 Å². The van der Waals surface area contributed by atoms with Crippen LogP contribution in [-0.2, 0) is 12.0 Å². The summed E-state index contributed by atoms with van der Waals surface area (Å²) >= 11 is 0. The first-order chi connectivity index (χ1) is 10.0. The molecule has 0 amide bonds. The van der Waals surface area contributed by atoms with Gasteiger partial charge in [0.25, 0.3) is 0 Å². The average molecular weight is 284 g/mol.